The number of hydrogen-bond acceptors (Lipinski definition) is 0. The maximum atomic E-state index is 3.82. The molecule has 0 fully saturated rings. The Kier molecular flexibility index (Phi) is 6.34. The van der Waals surface area contributed by atoms with E-state index in [1.165, 1.54) is 44.4 Å². The molecule has 1 nitrogen and oxygen atoms in total. The quantitative estimate of drug-likeness (QED) is 0.278. The van der Waals surface area contributed by atoms with Crippen molar-refractivity contribution in [1.82, 2.24) is 4.98 Å². The van der Waals surface area contributed by atoms with E-state index in [1.54, 1.807) is 0 Å². The molecule has 170 valence electrons. The Bertz CT molecular complexity index is 1270. The minimum Gasteiger partial charge on any atom is -0.354 e. The van der Waals surface area contributed by atoms with E-state index < -0.39 is 0 Å². The Balaban J connectivity index is 1.87. The lowest BCUT2D eigenvalue weighted by Crippen LogP contribution is -2.20. The third-order valence-electron chi connectivity index (χ3n) is 7.51. The van der Waals surface area contributed by atoms with Crippen LogP contribution in [0.5, 0.6) is 0 Å². The Morgan fingerprint density at radius 1 is 0.727 bits per heavy atom. The highest BCUT2D eigenvalue weighted by Crippen LogP contribution is 2.39. The predicted octanol–water partition coefficient (Wildman–Crippen LogP) is 9.38. The van der Waals surface area contributed by atoms with Gasteiger partial charge in [0.05, 0.1) is 0 Å². The summed E-state index contributed by atoms with van der Waals surface area (Å²) in [6, 6.07) is 26.3. The number of fused-ring (bicyclic) bond motifs is 1. The normalized spacial score (nSPS) is 12.7. The van der Waals surface area contributed by atoms with Crippen LogP contribution >= 0.6 is 0 Å². The van der Waals surface area contributed by atoms with Gasteiger partial charge in [-0.05, 0) is 58.1 Å². The number of aromatic amines is 1. The zero-order valence-electron chi connectivity index (χ0n) is 21.0. The van der Waals surface area contributed by atoms with Crippen LogP contribution in [0, 0.1) is 0 Å². The predicted molar refractivity (Wildman–Crippen MR) is 146 cm³/mol. The number of nitrogens with one attached hydrogen (secondary N) is 1. The van der Waals surface area contributed by atoms with Crippen LogP contribution in [-0.4, -0.2) is 4.98 Å². The topological polar surface area (TPSA) is 15.8 Å². The van der Waals surface area contributed by atoms with Crippen LogP contribution in [0.25, 0.3) is 34.3 Å². The van der Waals surface area contributed by atoms with Crippen LogP contribution in [0.15, 0.2) is 72.8 Å². The first-order chi connectivity index (χ1) is 15.7. The van der Waals surface area contributed by atoms with Gasteiger partial charge in [0.2, 0.25) is 0 Å². The number of rotatable bonds is 7. The summed E-state index contributed by atoms with van der Waals surface area (Å²) < 4.78 is 0. The fourth-order valence-corrected chi connectivity index (χ4v) is 4.35. The first-order valence-electron chi connectivity index (χ1n) is 12.3. The van der Waals surface area contributed by atoms with Gasteiger partial charge >= 0.3 is 0 Å². The lowest BCUT2D eigenvalue weighted by molar-refractivity contribution is 0.491. The number of H-pyrrole nitrogens is 1. The average Bonchev–Trinajstić information content (AvgIpc) is 3.27. The van der Waals surface area contributed by atoms with Crippen molar-refractivity contribution in [2.24, 2.45) is 0 Å². The summed E-state index contributed by atoms with van der Waals surface area (Å²) in [5.74, 6) is 0. The van der Waals surface area contributed by atoms with Crippen molar-refractivity contribution >= 4 is 23.1 Å². The van der Waals surface area contributed by atoms with Gasteiger partial charge in [-0.25, -0.2) is 0 Å². The molecule has 0 aliphatic rings. The molecule has 1 heteroatoms. The summed E-state index contributed by atoms with van der Waals surface area (Å²) in [4.78, 5) is 3.82. The molecule has 0 atom stereocenters. The molecule has 0 saturated carbocycles. The molecule has 0 aliphatic carbocycles. The highest BCUT2D eigenvalue weighted by molar-refractivity contribution is 5.92. The summed E-state index contributed by atoms with van der Waals surface area (Å²) in [5, 5.41) is 1.31. The van der Waals surface area contributed by atoms with E-state index in [2.05, 4.69) is 131 Å². The second-order valence-corrected chi connectivity index (χ2v) is 10.5. The van der Waals surface area contributed by atoms with Gasteiger partial charge in [0.25, 0.3) is 0 Å². The summed E-state index contributed by atoms with van der Waals surface area (Å²) in [5.41, 5.74) is 9.22. The smallest absolute Gasteiger partial charge is 0.0497 e. The fourth-order valence-electron chi connectivity index (χ4n) is 4.35. The SMILES string of the molecule is CCC(C)(C)c1cc(C(C)(C)CC)c2[nH]c(-c3ccccc3C=Cc3ccccc3)cc2c1. The van der Waals surface area contributed by atoms with Gasteiger partial charge in [0.15, 0.2) is 0 Å². The minimum absolute atomic E-state index is 0.104. The Hall–Kier alpha value is -3.06. The third kappa shape index (κ3) is 4.69. The van der Waals surface area contributed by atoms with Gasteiger partial charge in [-0.15, -0.1) is 0 Å². The van der Waals surface area contributed by atoms with Crippen LogP contribution < -0.4 is 0 Å². The van der Waals surface area contributed by atoms with Crippen LogP contribution in [0.4, 0.5) is 0 Å². The zero-order valence-corrected chi connectivity index (χ0v) is 21.0. The van der Waals surface area contributed by atoms with E-state index in [4.69, 9.17) is 0 Å². The molecule has 1 aromatic heterocycles. The molecule has 3 aromatic carbocycles. The van der Waals surface area contributed by atoms with Gasteiger partial charge in [0, 0.05) is 22.2 Å². The van der Waals surface area contributed by atoms with Gasteiger partial charge in [-0.1, -0.05) is 114 Å². The van der Waals surface area contributed by atoms with Crippen molar-refractivity contribution in [2.45, 2.75) is 65.2 Å². The molecular weight excluding hydrogens is 398 g/mol. The summed E-state index contributed by atoms with van der Waals surface area (Å²) in [6.45, 7) is 14.0. The molecule has 1 N–H and O–H groups in total. The molecule has 0 spiro atoms. The van der Waals surface area contributed by atoms with Gasteiger partial charge in [-0.2, -0.15) is 0 Å². The Morgan fingerprint density at radius 3 is 2.09 bits per heavy atom. The summed E-state index contributed by atoms with van der Waals surface area (Å²) in [7, 11) is 0. The first kappa shape index (κ1) is 23.1. The average molecular weight is 436 g/mol. The van der Waals surface area contributed by atoms with Crippen molar-refractivity contribution in [1.29, 1.82) is 0 Å². The van der Waals surface area contributed by atoms with E-state index in [1.807, 2.05) is 0 Å². The van der Waals surface area contributed by atoms with Crippen molar-refractivity contribution in [3.63, 3.8) is 0 Å². The maximum absolute atomic E-state index is 3.82. The molecule has 0 bridgehead atoms. The van der Waals surface area contributed by atoms with E-state index >= 15 is 0 Å². The lowest BCUT2D eigenvalue weighted by atomic mass is 9.76. The van der Waals surface area contributed by atoms with E-state index in [0.29, 0.717) is 0 Å². The van der Waals surface area contributed by atoms with Gasteiger partial charge in [-0.3, -0.25) is 0 Å². The Morgan fingerprint density at radius 2 is 1.39 bits per heavy atom. The molecule has 33 heavy (non-hydrogen) atoms. The highest BCUT2D eigenvalue weighted by atomic mass is 14.7. The molecule has 4 aromatic rings. The van der Waals surface area contributed by atoms with Gasteiger partial charge < -0.3 is 4.98 Å². The first-order valence-corrected chi connectivity index (χ1v) is 12.3. The van der Waals surface area contributed by atoms with E-state index in [0.717, 1.165) is 12.8 Å². The number of hydrogen-bond donors (Lipinski definition) is 1. The molecule has 0 amide bonds. The maximum Gasteiger partial charge on any atom is 0.0497 e. The second kappa shape index (κ2) is 9.06. The minimum atomic E-state index is 0.104. The van der Waals surface area contributed by atoms with Crippen LogP contribution in [0.2, 0.25) is 0 Å². The van der Waals surface area contributed by atoms with Crippen molar-refractivity contribution in [2.75, 3.05) is 0 Å². The second-order valence-electron chi connectivity index (χ2n) is 10.5. The van der Waals surface area contributed by atoms with Crippen LogP contribution in [0.1, 0.15) is 76.6 Å². The monoisotopic (exact) mass is 435 g/mol. The molecular formula is C32H37N. The summed E-state index contributed by atoms with van der Waals surface area (Å²) >= 11 is 0. The van der Waals surface area contributed by atoms with Crippen LogP contribution in [0.3, 0.4) is 0 Å². The van der Waals surface area contributed by atoms with E-state index in [9.17, 15) is 0 Å². The van der Waals surface area contributed by atoms with Crippen LogP contribution in [-0.2, 0) is 10.8 Å². The zero-order chi connectivity index (χ0) is 23.6. The molecule has 0 saturated heterocycles. The largest absolute Gasteiger partial charge is 0.354 e. The fraction of sp³-hybridized carbons (Fsp3) is 0.312. The van der Waals surface area contributed by atoms with E-state index in [-0.39, 0.29) is 10.8 Å². The number of benzene rings is 3. The van der Waals surface area contributed by atoms with Crippen molar-refractivity contribution < 1.29 is 0 Å². The molecule has 4 rings (SSSR count). The van der Waals surface area contributed by atoms with Gasteiger partial charge in [0.1, 0.15) is 0 Å². The number of aromatic nitrogens is 1. The Labute approximate surface area is 199 Å². The lowest BCUT2D eigenvalue weighted by Gasteiger charge is -2.29. The molecule has 0 aliphatic heterocycles. The van der Waals surface area contributed by atoms with Crippen molar-refractivity contribution in [3.8, 4) is 11.3 Å². The summed E-state index contributed by atoms with van der Waals surface area (Å²) in [6.07, 6.45) is 6.63. The third-order valence-corrected chi connectivity index (χ3v) is 7.51. The molecule has 1 heterocycles. The molecule has 0 radical (unpaired) electrons. The van der Waals surface area contributed by atoms with Crippen molar-refractivity contribution in [3.05, 3.63) is 95.1 Å². The molecule has 0 unspecified atom stereocenters. The standard InChI is InChI=1S/C32H37N/c1-7-31(3,4)26-20-25-21-29(33-30(25)28(22-26)32(5,6)8-2)27-17-13-12-16-24(27)19-18-23-14-10-9-11-15-23/h9-22,33H,7-8H2,1-6H3. The highest BCUT2D eigenvalue weighted by Gasteiger charge is 2.27.